The van der Waals surface area contributed by atoms with Gasteiger partial charge in [0.1, 0.15) is 11.6 Å². The summed E-state index contributed by atoms with van der Waals surface area (Å²) in [6.07, 6.45) is 4.11. The van der Waals surface area contributed by atoms with Crippen LogP contribution in [0.4, 0.5) is 0 Å². The van der Waals surface area contributed by atoms with Gasteiger partial charge >= 0.3 is 0 Å². The molecule has 2 aromatic heterocycles. The van der Waals surface area contributed by atoms with Gasteiger partial charge in [-0.1, -0.05) is 0 Å². The Bertz CT molecular complexity index is 719. The number of rotatable bonds is 4. The number of hydrogen-bond donors (Lipinski definition) is 0. The summed E-state index contributed by atoms with van der Waals surface area (Å²) in [5, 5.41) is 0. The summed E-state index contributed by atoms with van der Waals surface area (Å²) in [6.45, 7) is 7.40. The lowest BCUT2D eigenvalue weighted by Gasteiger charge is -2.32. The Kier molecular flexibility index (Phi) is 4.59. The van der Waals surface area contributed by atoms with Crippen molar-refractivity contribution < 1.29 is 13.9 Å². The van der Waals surface area contributed by atoms with Crippen LogP contribution < -0.4 is 0 Å². The van der Waals surface area contributed by atoms with E-state index in [-0.39, 0.29) is 11.9 Å². The summed E-state index contributed by atoms with van der Waals surface area (Å²) in [5.41, 5.74) is 0.859. The molecular formula is C18H24N4O3. The fraction of sp³-hybridized carbons (Fsp3) is 0.556. The molecule has 0 aromatic carbocycles. The van der Waals surface area contributed by atoms with E-state index in [2.05, 4.69) is 16.4 Å². The van der Waals surface area contributed by atoms with Gasteiger partial charge < -0.3 is 18.6 Å². The molecule has 7 nitrogen and oxygen atoms in total. The Morgan fingerprint density at radius 1 is 1.28 bits per heavy atom. The maximum atomic E-state index is 12.4. The number of furan rings is 1. The lowest BCUT2D eigenvalue weighted by atomic mass is 10.2. The zero-order valence-electron chi connectivity index (χ0n) is 14.6. The highest BCUT2D eigenvalue weighted by atomic mass is 16.5. The van der Waals surface area contributed by atoms with Crippen LogP contribution in [0.15, 0.2) is 29.0 Å². The second-order valence-corrected chi connectivity index (χ2v) is 6.68. The predicted molar refractivity (Wildman–Crippen MR) is 90.9 cm³/mol. The second kappa shape index (κ2) is 7.01. The van der Waals surface area contributed by atoms with Gasteiger partial charge in [0.15, 0.2) is 0 Å². The molecule has 134 valence electrons. The van der Waals surface area contributed by atoms with Crippen LogP contribution >= 0.6 is 0 Å². The van der Waals surface area contributed by atoms with E-state index in [9.17, 15) is 4.79 Å². The summed E-state index contributed by atoms with van der Waals surface area (Å²) >= 11 is 0. The van der Waals surface area contributed by atoms with Crippen molar-refractivity contribution in [2.45, 2.75) is 32.5 Å². The molecule has 4 heterocycles. The Balaban J connectivity index is 1.43. The molecule has 0 bridgehead atoms. The van der Waals surface area contributed by atoms with Crippen LogP contribution in [0, 0.1) is 0 Å². The van der Waals surface area contributed by atoms with Crippen molar-refractivity contribution in [3.05, 3.63) is 41.9 Å². The van der Waals surface area contributed by atoms with Crippen LogP contribution in [0.5, 0.6) is 0 Å². The monoisotopic (exact) mass is 344 g/mol. The summed E-state index contributed by atoms with van der Waals surface area (Å²) in [6, 6.07) is 4.12. The number of imidazole rings is 1. The van der Waals surface area contributed by atoms with Crippen molar-refractivity contribution in [1.29, 1.82) is 0 Å². The average molecular weight is 344 g/mol. The zero-order chi connectivity index (χ0) is 17.2. The summed E-state index contributed by atoms with van der Waals surface area (Å²) < 4.78 is 13.0. The molecule has 2 aliphatic rings. The van der Waals surface area contributed by atoms with Gasteiger partial charge in [-0.3, -0.25) is 9.69 Å². The lowest BCUT2D eigenvalue weighted by molar-refractivity contribution is -0.134. The first-order chi connectivity index (χ1) is 12.2. The van der Waals surface area contributed by atoms with Gasteiger partial charge in [-0.2, -0.15) is 0 Å². The molecule has 0 N–H and O–H groups in total. The molecule has 0 spiro atoms. The zero-order valence-corrected chi connectivity index (χ0v) is 14.6. The number of hydrogen-bond acceptors (Lipinski definition) is 5. The fourth-order valence-corrected chi connectivity index (χ4v) is 3.58. The summed E-state index contributed by atoms with van der Waals surface area (Å²) in [7, 11) is 0. The molecule has 2 aromatic rings. The third-order valence-electron chi connectivity index (χ3n) is 5.04. The smallest absolute Gasteiger partial charge is 0.228 e. The molecule has 0 unspecified atom stereocenters. The highest BCUT2D eigenvalue weighted by Crippen LogP contribution is 2.26. The number of carbonyl (C=O) groups is 1. The van der Waals surface area contributed by atoms with E-state index in [0.717, 1.165) is 36.9 Å². The maximum absolute atomic E-state index is 12.4. The molecular weight excluding hydrogens is 320 g/mol. The van der Waals surface area contributed by atoms with Crippen molar-refractivity contribution in [2.75, 3.05) is 32.8 Å². The molecule has 1 fully saturated rings. The van der Waals surface area contributed by atoms with Crippen LogP contribution in [-0.4, -0.2) is 58.1 Å². The first kappa shape index (κ1) is 16.4. The first-order valence-corrected chi connectivity index (χ1v) is 8.88. The molecule has 1 amide bonds. The van der Waals surface area contributed by atoms with Gasteiger partial charge in [0, 0.05) is 32.4 Å². The highest BCUT2D eigenvalue weighted by Gasteiger charge is 2.27. The van der Waals surface area contributed by atoms with Gasteiger partial charge in [-0.25, -0.2) is 4.98 Å². The van der Waals surface area contributed by atoms with E-state index < -0.39 is 0 Å². The summed E-state index contributed by atoms with van der Waals surface area (Å²) in [5.74, 6) is 2.14. The van der Waals surface area contributed by atoms with E-state index >= 15 is 0 Å². The summed E-state index contributed by atoms with van der Waals surface area (Å²) in [4.78, 5) is 21.4. The Labute approximate surface area is 147 Å². The number of ether oxygens (including phenoxy) is 1. The molecule has 1 atom stereocenters. The van der Waals surface area contributed by atoms with Crippen LogP contribution in [0.3, 0.4) is 0 Å². The molecule has 2 aliphatic heterocycles. The van der Waals surface area contributed by atoms with Crippen molar-refractivity contribution >= 4 is 5.91 Å². The van der Waals surface area contributed by atoms with E-state index in [4.69, 9.17) is 14.1 Å². The Morgan fingerprint density at radius 2 is 2.12 bits per heavy atom. The van der Waals surface area contributed by atoms with Crippen LogP contribution in [-0.2, 0) is 29.0 Å². The lowest BCUT2D eigenvalue weighted by Crippen LogP contribution is -2.41. The highest BCUT2D eigenvalue weighted by molar-refractivity contribution is 5.78. The number of aromatic nitrogens is 2. The third kappa shape index (κ3) is 3.48. The maximum Gasteiger partial charge on any atom is 0.228 e. The van der Waals surface area contributed by atoms with E-state index in [1.54, 1.807) is 6.26 Å². The minimum atomic E-state index is 0.138. The molecule has 0 aliphatic carbocycles. The van der Waals surface area contributed by atoms with E-state index in [0.29, 0.717) is 32.7 Å². The minimum Gasteiger partial charge on any atom is -0.468 e. The predicted octanol–water partition coefficient (Wildman–Crippen LogP) is 1.45. The van der Waals surface area contributed by atoms with Crippen LogP contribution in [0.2, 0.25) is 0 Å². The largest absolute Gasteiger partial charge is 0.468 e. The number of carbonyl (C=O) groups excluding carboxylic acids is 1. The van der Waals surface area contributed by atoms with Crippen molar-refractivity contribution in [3.63, 3.8) is 0 Å². The van der Waals surface area contributed by atoms with Crippen LogP contribution in [0.25, 0.3) is 0 Å². The quantitative estimate of drug-likeness (QED) is 0.840. The van der Waals surface area contributed by atoms with Crippen molar-refractivity contribution in [1.82, 2.24) is 19.4 Å². The van der Waals surface area contributed by atoms with Crippen LogP contribution in [0.1, 0.15) is 30.2 Å². The number of amides is 1. The van der Waals surface area contributed by atoms with Gasteiger partial charge in [-0.05, 0) is 19.1 Å². The molecule has 7 heteroatoms. The molecule has 25 heavy (non-hydrogen) atoms. The van der Waals surface area contributed by atoms with E-state index in [1.807, 2.05) is 23.2 Å². The standard InChI is InChI=1S/C18H24N4O3/c1-14-18-19-15(11-17(23)20-6-9-24-10-7-20)12-22(18)5-4-21(14)13-16-3-2-8-25-16/h2-3,8,12,14H,4-7,9-11,13H2,1H3/t14-/m0/s1. The van der Waals surface area contributed by atoms with Crippen molar-refractivity contribution in [2.24, 2.45) is 0 Å². The third-order valence-corrected chi connectivity index (χ3v) is 5.04. The minimum absolute atomic E-state index is 0.138. The van der Waals surface area contributed by atoms with E-state index in [1.165, 1.54) is 0 Å². The van der Waals surface area contributed by atoms with Gasteiger partial charge in [0.05, 0.1) is 44.2 Å². The average Bonchev–Trinajstić information content (AvgIpc) is 3.28. The Hall–Kier alpha value is -2.12. The first-order valence-electron chi connectivity index (χ1n) is 8.88. The van der Waals surface area contributed by atoms with Gasteiger partial charge in [0.25, 0.3) is 0 Å². The van der Waals surface area contributed by atoms with Gasteiger partial charge in [0.2, 0.25) is 5.91 Å². The molecule has 0 saturated carbocycles. The number of nitrogens with zero attached hydrogens (tertiary/aromatic N) is 4. The Morgan fingerprint density at radius 3 is 2.88 bits per heavy atom. The normalized spacial score (nSPS) is 21.3. The molecule has 0 radical (unpaired) electrons. The molecule has 4 rings (SSSR count). The SMILES string of the molecule is C[C@H]1c2nc(CC(=O)N3CCOCC3)cn2CCN1Cc1ccco1. The topological polar surface area (TPSA) is 63.7 Å². The number of morpholine rings is 1. The number of fused-ring (bicyclic) bond motifs is 1. The fourth-order valence-electron chi connectivity index (χ4n) is 3.58. The van der Waals surface area contributed by atoms with Crippen molar-refractivity contribution in [3.8, 4) is 0 Å². The van der Waals surface area contributed by atoms with Gasteiger partial charge in [-0.15, -0.1) is 0 Å². The second-order valence-electron chi connectivity index (χ2n) is 6.68. The molecule has 1 saturated heterocycles.